The molecule has 6 nitrogen and oxygen atoms in total. The van der Waals surface area contributed by atoms with Crippen LogP contribution in [-0.4, -0.2) is 57.0 Å². The summed E-state index contributed by atoms with van der Waals surface area (Å²) in [5, 5.41) is 32.9. The predicted octanol–water partition coefficient (Wildman–Crippen LogP) is 5.08. The molecule has 0 amide bonds. The van der Waals surface area contributed by atoms with Crippen LogP contribution in [0.2, 0.25) is 0 Å². The van der Waals surface area contributed by atoms with Crippen molar-refractivity contribution in [1.82, 2.24) is 0 Å². The van der Waals surface area contributed by atoms with Crippen LogP contribution in [0.4, 0.5) is 0 Å². The topological polar surface area (TPSA) is 91.5 Å². The average molecular weight is 530 g/mol. The molecule has 0 bridgehead atoms. The lowest BCUT2D eigenvalue weighted by Gasteiger charge is -2.63. The van der Waals surface area contributed by atoms with Crippen molar-refractivity contribution in [2.45, 2.75) is 142 Å². The van der Waals surface area contributed by atoms with Crippen LogP contribution in [0.5, 0.6) is 0 Å². The number of aliphatic hydroxyl groups is 3. The molecule has 1 saturated heterocycles. The van der Waals surface area contributed by atoms with Crippen molar-refractivity contribution in [3.63, 3.8) is 0 Å². The van der Waals surface area contributed by atoms with Gasteiger partial charge in [0.25, 0.3) is 0 Å². The second-order valence-corrected chi connectivity index (χ2v) is 16.6. The average Bonchev–Trinajstić information content (AvgIpc) is 3.32. The first-order chi connectivity index (χ1) is 17.5. The molecule has 6 heteroatoms. The Morgan fingerprint density at radius 2 is 1.66 bits per heavy atom. The fraction of sp³-hybridized carbons (Fsp3) is 0.969. The third-order valence-electron chi connectivity index (χ3n) is 14.5. The van der Waals surface area contributed by atoms with Crippen LogP contribution < -0.4 is 0 Å². The van der Waals surface area contributed by atoms with E-state index in [2.05, 4.69) is 34.6 Å². The molecular weight excluding hydrogens is 478 g/mol. The normalized spacial score (nSPS) is 58.7. The Bertz CT molecular complexity index is 1080. The first kappa shape index (κ1) is 26.2. The third-order valence-corrected chi connectivity index (χ3v) is 14.5. The lowest BCUT2D eigenvalue weighted by molar-refractivity contribution is -0.241. The summed E-state index contributed by atoms with van der Waals surface area (Å²) in [5.41, 5.74) is -1.50. The summed E-state index contributed by atoms with van der Waals surface area (Å²) in [7, 11) is 0. The van der Waals surface area contributed by atoms with Gasteiger partial charge in [-0.3, -0.25) is 0 Å². The highest BCUT2D eigenvalue weighted by atomic mass is 16.6. The van der Waals surface area contributed by atoms with Gasteiger partial charge < -0.3 is 24.8 Å². The molecule has 0 aromatic rings. The summed E-state index contributed by atoms with van der Waals surface area (Å²) in [6, 6.07) is 0. The van der Waals surface area contributed by atoms with E-state index in [4.69, 9.17) is 14.5 Å². The molecule has 0 radical (unpaired) electrons. The Balaban J connectivity index is 1.33. The summed E-state index contributed by atoms with van der Waals surface area (Å²) in [6.07, 6.45) is 7.06. The SMILES string of the molecule is CC1=NC23OC([C@H](O)C(C)(C)O)C[C@@H](C)[C@@H]2[C@@]2(C)CC[C@@]45C[C@@]46CC[C@H](O)C(C)(C)[C@@H]6CCC5[C@]2(C)C3O1. The molecule has 0 aromatic carbocycles. The molecular formula is C32H51NO5. The third kappa shape index (κ3) is 2.65. The van der Waals surface area contributed by atoms with Gasteiger partial charge >= 0.3 is 0 Å². The van der Waals surface area contributed by atoms with Crippen molar-refractivity contribution in [2.24, 2.45) is 55.7 Å². The first-order valence-corrected chi connectivity index (χ1v) is 15.5. The van der Waals surface area contributed by atoms with Crippen molar-refractivity contribution >= 4 is 5.90 Å². The maximum atomic E-state index is 11.2. The number of nitrogens with zero attached hydrogens (tertiary/aromatic N) is 1. The van der Waals surface area contributed by atoms with E-state index in [1.807, 2.05) is 6.92 Å². The monoisotopic (exact) mass is 529 g/mol. The maximum absolute atomic E-state index is 11.2. The zero-order valence-electron chi connectivity index (χ0n) is 24.9. The zero-order chi connectivity index (χ0) is 27.5. The lowest BCUT2D eigenvalue weighted by atomic mass is 9.41. The van der Waals surface area contributed by atoms with Crippen LogP contribution >= 0.6 is 0 Å². The number of hydrogen-bond donors (Lipinski definition) is 3. The number of ether oxygens (including phenoxy) is 2. The van der Waals surface area contributed by atoms with Gasteiger partial charge in [0.15, 0.2) is 12.0 Å². The van der Waals surface area contributed by atoms with Gasteiger partial charge in [0, 0.05) is 18.3 Å². The van der Waals surface area contributed by atoms with Crippen molar-refractivity contribution in [3.05, 3.63) is 0 Å². The standard InChI is InChI=1S/C32H51NO5/c1-17-15-19(24(35)27(5,6)36)38-32-23(17)28(7)13-14-31-16-30(31)12-11-22(34)26(3,4)20(30)9-10-21(31)29(28,8)25(32)37-18(2)33-32/h17,19-25,34-36H,9-16H2,1-8H3/t17-,19?,20+,21?,22+,23-,24+,25?,28-,29-,30-,31+,32?/m1/s1. The van der Waals surface area contributed by atoms with Gasteiger partial charge in [0.05, 0.1) is 17.8 Å². The second kappa shape index (κ2) is 7.20. The molecule has 3 N–H and O–H groups in total. The summed E-state index contributed by atoms with van der Waals surface area (Å²) >= 11 is 0. The molecule has 2 aliphatic heterocycles. The quantitative estimate of drug-likeness (QED) is 0.464. The molecule has 7 aliphatic rings. The van der Waals surface area contributed by atoms with Gasteiger partial charge in [-0.1, -0.05) is 34.6 Å². The fourth-order valence-corrected chi connectivity index (χ4v) is 12.9. The van der Waals surface area contributed by atoms with E-state index in [0.717, 1.165) is 25.7 Å². The fourth-order valence-electron chi connectivity index (χ4n) is 12.9. The van der Waals surface area contributed by atoms with Crippen LogP contribution in [0.1, 0.15) is 107 Å². The Morgan fingerprint density at radius 1 is 1.00 bits per heavy atom. The van der Waals surface area contributed by atoms with Crippen molar-refractivity contribution in [2.75, 3.05) is 0 Å². The Labute approximate surface area is 229 Å². The largest absolute Gasteiger partial charge is 0.472 e. The molecule has 5 saturated carbocycles. The van der Waals surface area contributed by atoms with Gasteiger partial charge in [-0.2, -0.15) is 0 Å². The van der Waals surface area contributed by atoms with E-state index in [0.29, 0.717) is 34.5 Å². The number of fused-ring (bicyclic) bond motifs is 4. The lowest BCUT2D eigenvalue weighted by Crippen LogP contribution is -2.60. The van der Waals surface area contributed by atoms with E-state index in [1.54, 1.807) is 13.8 Å². The van der Waals surface area contributed by atoms with E-state index in [-0.39, 0.29) is 34.4 Å². The van der Waals surface area contributed by atoms with E-state index < -0.39 is 23.5 Å². The first-order valence-electron chi connectivity index (χ1n) is 15.5. The molecule has 2 heterocycles. The van der Waals surface area contributed by atoms with Crippen molar-refractivity contribution < 1.29 is 24.8 Å². The van der Waals surface area contributed by atoms with Crippen LogP contribution in [0, 0.1) is 50.7 Å². The minimum Gasteiger partial charge on any atom is -0.472 e. The van der Waals surface area contributed by atoms with E-state index in [1.165, 1.54) is 25.7 Å². The highest BCUT2D eigenvalue weighted by molar-refractivity contribution is 5.76. The summed E-state index contributed by atoms with van der Waals surface area (Å²) in [6.45, 7) is 17.3. The maximum Gasteiger partial charge on any atom is 0.203 e. The molecule has 6 fully saturated rings. The molecule has 4 unspecified atom stereocenters. The van der Waals surface area contributed by atoms with Gasteiger partial charge in [-0.15, -0.1) is 0 Å². The smallest absolute Gasteiger partial charge is 0.203 e. The summed E-state index contributed by atoms with van der Waals surface area (Å²) in [5.74, 6) is 2.33. The molecule has 214 valence electrons. The highest BCUT2D eigenvalue weighted by Gasteiger charge is 2.88. The number of hydrogen-bond acceptors (Lipinski definition) is 6. The number of aliphatic imine (C=N–C) groups is 1. The molecule has 3 spiro atoms. The summed E-state index contributed by atoms with van der Waals surface area (Å²) in [4.78, 5) is 5.22. The molecule has 5 aliphatic carbocycles. The Hall–Kier alpha value is -0.690. The minimum atomic E-state index is -1.25. The predicted molar refractivity (Wildman–Crippen MR) is 145 cm³/mol. The van der Waals surface area contributed by atoms with Crippen LogP contribution in [0.25, 0.3) is 0 Å². The van der Waals surface area contributed by atoms with Gasteiger partial charge in [0.2, 0.25) is 5.72 Å². The minimum absolute atomic E-state index is 0.0160. The molecule has 0 aromatic heterocycles. The Kier molecular flexibility index (Phi) is 4.97. The molecule has 38 heavy (non-hydrogen) atoms. The van der Waals surface area contributed by atoms with Gasteiger partial charge in [-0.05, 0) is 105 Å². The summed E-state index contributed by atoms with van der Waals surface area (Å²) < 4.78 is 13.8. The van der Waals surface area contributed by atoms with Crippen molar-refractivity contribution in [1.29, 1.82) is 0 Å². The van der Waals surface area contributed by atoms with Gasteiger partial charge in [0.1, 0.15) is 6.10 Å². The highest BCUT2D eigenvalue weighted by Crippen LogP contribution is 2.90. The Morgan fingerprint density at radius 3 is 2.34 bits per heavy atom. The second-order valence-electron chi connectivity index (χ2n) is 16.6. The number of aliphatic hydroxyl groups excluding tert-OH is 2. The molecule has 13 atom stereocenters. The zero-order valence-corrected chi connectivity index (χ0v) is 24.9. The number of rotatable bonds is 2. The van der Waals surface area contributed by atoms with Crippen LogP contribution in [0.15, 0.2) is 4.99 Å². The van der Waals surface area contributed by atoms with Crippen molar-refractivity contribution in [3.8, 4) is 0 Å². The van der Waals surface area contributed by atoms with E-state index in [9.17, 15) is 15.3 Å². The van der Waals surface area contributed by atoms with Crippen LogP contribution in [0.3, 0.4) is 0 Å². The van der Waals surface area contributed by atoms with Gasteiger partial charge in [-0.25, -0.2) is 4.99 Å². The molecule has 7 rings (SSSR count). The van der Waals surface area contributed by atoms with E-state index >= 15 is 0 Å². The van der Waals surface area contributed by atoms with Crippen LogP contribution in [-0.2, 0) is 9.47 Å².